The number of hydrogen-bond donors (Lipinski definition) is 0. The van der Waals surface area contributed by atoms with Gasteiger partial charge in [-0.25, -0.2) is 0 Å². The highest BCUT2D eigenvalue weighted by Gasteiger charge is 2.33. The van der Waals surface area contributed by atoms with Gasteiger partial charge in [0, 0.05) is 25.2 Å². The number of anilines is 2. The molecule has 0 saturated heterocycles. The third kappa shape index (κ3) is 3.36. The van der Waals surface area contributed by atoms with Gasteiger partial charge in [-0.3, -0.25) is 9.59 Å². The van der Waals surface area contributed by atoms with Crippen LogP contribution in [-0.2, 0) is 14.3 Å². The minimum Gasteiger partial charge on any atom is -0.407 e. The first-order valence-electron chi connectivity index (χ1n) is 9.09. The molecule has 0 bridgehead atoms. The Morgan fingerprint density at radius 3 is 2.31 bits per heavy atom. The summed E-state index contributed by atoms with van der Waals surface area (Å²) in [4.78, 5) is 26.1. The summed E-state index contributed by atoms with van der Waals surface area (Å²) < 4.78 is 5.01. The monoisotopic (exact) mass is 385 g/mol. The highest BCUT2D eigenvalue weighted by atomic mass is 16.5. The molecule has 0 spiro atoms. The molecule has 3 aromatic rings. The Bertz CT molecular complexity index is 1150. The van der Waals surface area contributed by atoms with Crippen LogP contribution in [0.25, 0.3) is 16.8 Å². The third-order valence-electron chi connectivity index (χ3n) is 4.72. The van der Waals surface area contributed by atoms with Crippen LogP contribution in [-0.4, -0.2) is 32.4 Å². The lowest BCUT2D eigenvalue weighted by atomic mass is 10.00. The van der Waals surface area contributed by atoms with E-state index in [0.29, 0.717) is 5.69 Å². The van der Waals surface area contributed by atoms with Gasteiger partial charge < -0.3 is 9.64 Å². The molecule has 3 aromatic carbocycles. The van der Waals surface area contributed by atoms with Crippen molar-refractivity contribution in [1.29, 1.82) is 0 Å². The number of carbonyl (C=O) groups excluding carboxylic acids is 2. The number of ether oxygens (including phenoxy) is 1. The predicted octanol–water partition coefficient (Wildman–Crippen LogP) is 3.82. The molecular formula is C23H19N3O3. The summed E-state index contributed by atoms with van der Waals surface area (Å²) >= 11 is 0. The quantitative estimate of drug-likeness (QED) is 0.506. The number of para-hydroxylation sites is 1. The van der Waals surface area contributed by atoms with Gasteiger partial charge >= 0.3 is 0 Å². The second kappa shape index (κ2) is 7.59. The fraction of sp³-hybridized carbons (Fsp3) is 0.0870. The fourth-order valence-corrected chi connectivity index (χ4v) is 3.37. The van der Waals surface area contributed by atoms with Crippen molar-refractivity contribution in [3.05, 3.63) is 77.9 Å². The Hall–Kier alpha value is -3.93. The molecule has 6 heteroatoms. The Morgan fingerprint density at radius 1 is 0.931 bits per heavy atom. The van der Waals surface area contributed by atoms with Gasteiger partial charge in [0.2, 0.25) is 0 Å². The van der Waals surface area contributed by atoms with E-state index in [1.165, 1.54) is 5.01 Å². The van der Waals surface area contributed by atoms with Gasteiger partial charge in [0.05, 0.1) is 5.69 Å². The van der Waals surface area contributed by atoms with Crippen LogP contribution >= 0.6 is 0 Å². The maximum absolute atomic E-state index is 13.0. The highest BCUT2D eigenvalue weighted by Crippen LogP contribution is 2.31. The molecule has 4 rings (SSSR count). The molecule has 0 aliphatic carbocycles. The number of nitrogens with zero attached hydrogens (tertiary/aromatic N) is 3. The first-order valence-corrected chi connectivity index (χ1v) is 9.09. The van der Waals surface area contributed by atoms with Gasteiger partial charge in [-0.2, -0.15) is 5.01 Å². The molecule has 0 aromatic heterocycles. The Balaban J connectivity index is 1.83. The van der Waals surface area contributed by atoms with Gasteiger partial charge in [-0.05, 0) is 35.2 Å². The molecule has 0 unspecified atom stereocenters. The van der Waals surface area contributed by atoms with Gasteiger partial charge in [0.15, 0.2) is 0 Å². The molecule has 0 fully saturated rings. The largest absolute Gasteiger partial charge is 0.407 e. The van der Waals surface area contributed by atoms with Crippen molar-refractivity contribution in [2.75, 3.05) is 24.0 Å². The second-order valence-electron chi connectivity index (χ2n) is 6.74. The molecule has 0 saturated carbocycles. The van der Waals surface area contributed by atoms with Crippen LogP contribution in [0.15, 0.2) is 77.4 Å². The first kappa shape index (κ1) is 18.4. The van der Waals surface area contributed by atoms with E-state index in [0.717, 1.165) is 22.0 Å². The van der Waals surface area contributed by atoms with Crippen LogP contribution in [0.4, 0.5) is 11.4 Å². The molecule has 1 aliphatic rings. The lowest BCUT2D eigenvalue weighted by Crippen LogP contribution is -2.21. The number of hydrogen-bond acceptors (Lipinski definition) is 5. The summed E-state index contributed by atoms with van der Waals surface area (Å²) in [7, 11) is 3.97. The topological polar surface area (TPSA) is 62.2 Å². The van der Waals surface area contributed by atoms with Crippen LogP contribution in [0.3, 0.4) is 0 Å². The van der Waals surface area contributed by atoms with Crippen LogP contribution in [0.5, 0.6) is 0 Å². The highest BCUT2D eigenvalue weighted by molar-refractivity contribution is 6.31. The molecular weight excluding hydrogens is 366 g/mol. The zero-order valence-electron chi connectivity index (χ0n) is 16.1. The zero-order chi connectivity index (χ0) is 20.4. The van der Waals surface area contributed by atoms with Crippen LogP contribution in [0, 0.1) is 0 Å². The van der Waals surface area contributed by atoms with E-state index in [1.54, 1.807) is 18.2 Å². The number of rotatable bonds is 4. The van der Waals surface area contributed by atoms with Gasteiger partial charge in [0.25, 0.3) is 18.3 Å². The number of fused-ring (bicyclic) bond motifs is 1. The van der Waals surface area contributed by atoms with E-state index in [2.05, 4.69) is 5.10 Å². The summed E-state index contributed by atoms with van der Waals surface area (Å²) in [6.45, 7) is 0.279. The Kier molecular flexibility index (Phi) is 4.83. The molecule has 0 N–H and O–H groups in total. The van der Waals surface area contributed by atoms with Crippen molar-refractivity contribution in [1.82, 2.24) is 0 Å². The SMILES string of the molecule is CN(C)c1ccc(C=C2C(=O)N(c3ccccc3)N=C2OC=O)c2ccccc12. The predicted molar refractivity (Wildman–Crippen MR) is 115 cm³/mol. The number of benzene rings is 3. The van der Waals surface area contributed by atoms with E-state index in [9.17, 15) is 9.59 Å². The van der Waals surface area contributed by atoms with Crippen LogP contribution < -0.4 is 9.91 Å². The van der Waals surface area contributed by atoms with Crippen LogP contribution in [0.1, 0.15) is 5.56 Å². The molecule has 1 amide bonds. The normalized spacial score (nSPS) is 15.0. The number of carbonyl (C=O) groups is 2. The Morgan fingerprint density at radius 2 is 1.62 bits per heavy atom. The van der Waals surface area contributed by atoms with E-state index < -0.39 is 0 Å². The van der Waals surface area contributed by atoms with Crippen molar-refractivity contribution < 1.29 is 14.3 Å². The van der Waals surface area contributed by atoms with E-state index >= 15 is 0 Å². The van der Waals surface area contributed by atoms with E-state index in [4.69, 9.17) is 4.74 Å². The minimum absolute atomic E-state index is 0.0189. The lowest BCUT2D eigenvalue weighted by molar-refractivity contribution is -0.121. The summed E-state index contributed by atoms with van der Waals surface area (Å²) in [6, 6.07) is 20.9. The molecule has 0 atom stereocenters. The van der Waals surface area contributed by atoms with Crippen LogP contribution in [0.2, 0.25) is 0 Å². The molecule has 1 aliphatic heterocycles. The molecule has 29 heavy (non-hydrogen) atoms. The number of amides is 1. The molecule has 1 heterocycles. The average Bonchev–Trinajstić information content (AvgIpc) is 3.04. The minimum atomic E-state index is -0.353. The molecule has 0 radical (unpaired) electrons. The van der Waals surface area contributed by atoms with Gasteiger partial charge in [-0.15, -0.1) is 5.10 Å². The standard InChI is InChI=1S/C23H19N3O3/c1-25(2)21-13-12-16(18-10-6-7-11-19(18)21)14-20-22(29-15-27)24-26(23(20)28)17-8-4-3-5-9-17/h3-15H,1-2H3. The van der Waals surface area contributed by atoms with Crippen molar-refractivity contribution in [2.45, 2.75) is 0 Å². The Labute approximate surface area is 168 Å². The summed E-state index contributed by atoms with van der Waals surface area (Å²) in [5.41, 5.74) is 2.74. The smallest absolute Gasteiger partial charge is 0.299 e. The summed E-state index contributed by atoms with van der Waals surface area (Å²) in [5, 5.41) is 7.49. The zero-order valence-corrected chi connectivity index (χ0v) is 16.1. The maximum atomic E-state index is 13.0. The summed E-state index contributed by atoms with van der Waals surface area (Å²) in [6.07, 6.45) is 1.72. The second-order valence-corrected chi connectivity index (χ2v) is 6.74. The lowest BCUT2D eigenvalue weighted by Gasteiger charge is -2.17. The summed E-state index contributed by atoms with van der Waals surface area (Å²) in [5.74, 6) is -0.372. The number of hydrazone groups is 1. The van der Waals surface area contributed by atoms with Crippen molar-refractivity contribution >= 4 is 46.5 Å². The van der Waals surface area contributed by atoms with Crippen molar-refractivity contribution in [2.24, 2.45) is 5.10 Å². The van der Waals surface area contributed by atoms with Crippen molar-refractivity contribution in [3.8, 4) is 0 Å². The molecule has 144 valence electrons. The van der Waals surface area contributed by atoms with E-state index in [-0.39, 0.29) is 23.9 Å². The first-order chi connectivity index (χ1) is 14.1. The van der Waals surface area contributed by atoms with Crippen molar-refractivity contribution in [3.63, 3.8) is 0 Å². The van der Waals surface area contributed by atoms with E-state index in [1.807, 2.05) is 73.6 Å². The maximum Gasteiger partial charge on any atom is 0.299 e. The third-order valence-corrected chi connectivity index (χ3v) is 4.72. The van der Waals surface area contributed by atoms with Gasteiger partial charge in [-0.1, -0.05) is 48.5 Å². The van der Waals surface area contributed by atoms with Gasteiger partial charge in [0.1, 0.15) is 5.57 Å². The fourth-order valence-electron chi connectivity index (χ4n) is 3.37. The molecule has 6 nitrogen and oxygen atoms in total. The average molecular weight is 385 g/mol.